The van der Waals surface area contributed by atoms with E-state index in [1.807, 2.05) is 13.8 Å². The first-order valence-electron chi connectivity index (χ1n) is 6.75. The van der Waals surface area contributed by atoms with Crippen molar-refractivity contribution in [3.63, 3.8) is 0 Å². The molecule has 0 radical (unpaired) electrons. The second-order valence-corrected chi connectivity index (χ2v) is 6.18. The van der Waals surface area contributed by atoms with E-state index in [0.717, 1.165) is 19.1 Å². The Morgan fingerprint density at radius 2 is 2.12 bits per heavy atom. The van der Waals surface area contributed by atoms with Gasteiger partial charge in [0.25, 0.3) is 0 Å². The van der Waals surface area contributed by atoms with Crippen molar-refractivity contribution >= 4 is 5.91 Å². The van der Waals surface area contributed by atoms with Crippen LogP contribution in [0.3, 0.4) is 0 Å². The summed E-state index contributed by atoms with van der Waals surface area (Å²) >= 11 is 0. The standard InChI is InChI=1S/C13H25N3O/c1-13(2,9-14)12(17)15-7-10-5-6-16(8-10)11-3-4-11/h10-11H,3-9,14H2,1-2H3,(H,15,17). The van der Waals surface area contributed by atoms with Crippen LogP contribution in [0.1, 0.15) is 33.1 Å². The van der Waals surface area contributed by atoms with Crippen molar-refractivity contribution in [1.82, 2.24) is 10.2 Å². The second-order valence-electron chi connectivity index (χ2n) is 6.18. The fourth-order valence-corrected chi connectivity index (χ4v) is 2.37. The third-order valence-electron chi connectivity index (χ3n) is 4.06. The highest BCUT2D eigenvalue weighted by atomic mass is 16.2. The lowest BCUT2D eigenvalue weighted by Crippen LogP contribution is -2.43. The van der Waals surface area contributed by atoms with Crippen molar-refractivity contribution < 1.29 is 4.79 Å². The summed E-state index contributed by atoms with van der Waals surface area (Å²) in [6.07, 6.45) is 3.97. The third kappa shape index (κ3) is 3.19. The molecule has 4 heteroatoms. The molecule has 0 aromatic heterocycles. The Bertz CT molecular complexity index is 286. The van der Waals surface area contributed by atoms with Crippen molar-refractivity contribution in [2.75, 3.05) is 26.2 Å². The predicted octanol–water partition coefficient (Wildman–Crippen LogP) is 0.572. The van der Waals surface area contributed by atoms with E-state index in [2.05, 4.69) is 10.2 Å². The van der Waals surface area contributed by atoms with Crippen LogP contribution < -0.4 is 11.1 Å². The van der Waals surface area contributed by atoms with E-state index < -0.39 is 5.41 Å². The number of rotatable bonds is 5. The van der Waals surface area contributed by atoms with Crippen LogP contribution in [0, 0.1) is 11.3 Å². The van der Waals surface area contributed by atoms with Crippen LogP contribution in [-0.4, -0.2) is 43.0 Å². The normalized spacial score (nSPS) is 26.2. The first-order chi connectivity index (χ1) is 8.03. The van der Waals surface area contributed by atoms with Crippen LogP contribution >= 0.6 is 0 Å². The highest BCUT2D eigenvalue weighted by molar-refractivity contribution is 5.82. The number of carbonyl (C=O) groups is 1. The van der Waals surface area contributed by atoms with Crippen LogP contribution in [0.5, 0.6) is 0 Å². The fourth-order valence-electron chi connectivity index (χ4n) is 2.37. The summed E-state index contributed by atoms with van der Waals surface area (Å²) in [4.78, 5) is 14.4. The van der Waals surface area contributed by atoms with Gasteiger partial charge < -0.3 is 16.0 Å². The average molecular weight is 239 g/mol. The van der Waals surface area contributed by atoms with Crippen LogP contribution in [0.15, 0.2) is 0 Å². The van der Waals surface area contributed by atoms with E-state index in [-0.39, 0.29) is 5.91 Å². The van der Waals surface area contributed by atoms with Crippen molar-refractivity contribution in [2.24, 2.45) is 17.1 Å². The first kappa shape index (κ1) is 12.8. The van der Waals surface area contributed by atoms with Gasteiger partial charge in [0.2, 0.25) is 5.91 Å². The van der Waals surface area contributed by atoms with Gasteiger partial charge in [-0.25, -0.2) is 0 Å². The lowest BCUT2D eigenvalue weighted by molar-refractivity contribution is -0.129. The van der Waals surface area contributed by atoms with E-state index in [9.17, 15) is 4.79 Å². The van der Waals surface area contributed by atoms with Crippen molar-refractivity contribution in [1.29, 1.82) is 0 Å². The van der Waals surface area contributed by atoms with Gasteiger partial charge in [-0.1, -0.05) is 0 Å². The summed E-state index contributed by atoms with van der Waals surface area (Å²) < 4.78 is 0. The van der Waals surface area contributed by atoms with Crippen molar-refractivity contribution in [3.05, 3.63) is 0 Å². The maximum Gasteiger partial charge on any atom is 0.226 e. The zero-order chi connectivity index (χ0) is 12.5. The zero-order valence-corrected chi connectivity index (χ0v) is 11.0. The molecule has 1 aliphatic carbocycles. The number of amides is 1. The number of carbonyl (C=O) groups excluding carboxylic acids is 1. The van der Waals surface area contributed by atoms with E-state index in [0.29, 0.717) is 12.5 Å². The van der Waals surface area contributed by atoms with Crippen LogP contribution in [0.4, 0.5) is 0 Å². The average Bonchev–Trinajstić information content (AvgIpc) is 3.06. The Balaban J connectivity index is 1.70. The second kappa shape index (κ2) is 4.94. The molecule has 1 heterocycles. The number of hydrogen-bond acceptors (Lipinski definition) is 3. The molecule has 0 spiro atoms. The summed E-state index contributed by atoms with van der Waals surface area (Å²) in [6, 6.07) is 0.858. The molecule has 0 aromatic rings. The molecule has 1 atom stereocenters. The highest BCUT2D eigenvalue weighted by Crippen LogP contribution is 2.31. The number of nitrogens with one attached hydrogen (secondary N) is 1. The highest BCUT2D eigenvalue weighted by Gasteiger charge is 2.34. The molecule has 98 valence electrons. The Hall–Kier alpha value is -0.610. The van der Waals surface area contributed by atoms with Gasteiger partial charge in [-0.05, 0) is 45.6 Å². The molecular formula is C13H25N3O. The Kier molecular flexibility index (Phi) is 3.73. The Morgan fingerprint density at radius 3 is 2.71 bits per heavy atom. The van der Waals surface area contributed by atoms with Gasteiger partial charge in [0.05, 0.1) is 5.41 Å². The molecule has 0 aromatic carbocycles. The lowest BCUT2D eigenvalue weighted by Gasteiger charge is -2.22. The van der Waals surface area contributed by atoms with Gasteiger partial charge in [0, 0.05) is 25.7 Å². The van der Waals surface area contributed by atoms with Crippen LogP contribution in [-0.2, 0) is 4.79 Å². The molecule has 17 heavy (non-hydrogen) atoms. The summed E-state index contributed by atoms with van der Waals surface area (Å²) in [5.41, 5.74) is 5.16. The maximum absolute atomic E-state index is 11.9. The topological polar surface area (TPSA) is 58.4 Å². The molecule has 1 amide bonds. The van der Waals surface area contributed by atoms with Gasteiger partial charge in [-0.2, -0.15) is 0 Å². The van der Waals surface area contributed by atoms with E-state index in [1.165, 1.54) is 25.8 Å². The molecule has 1 saturated heterocycles. The quantitative estimate of drug-likeness (QED) is 0.737. The molecular weight excluding hydrogens is 214 g/mol. The van der Waals surface area contributed by atoms with Gasteiger partial charge in [-0.3, -0.25) is 4.79 Å². The minimum absolute atomic E-state index is 0.0878. The predicted molar refractivity (Wildman–Crippen MR) is 68.5 cm³/mol. The summed E-state index contributed by atoms with van der Waals surface area (Å²) in [5.74, 6) is 0.720. The monoisotopic (exact) mass is 239 g/mol. The Labute approximate surface area is 104 Å². The Morgan fingerprint density at radius 1 is 1.41 bits per heavy atom. The maximum atomic E-state index is 11.9. The molecule has 2 fully saturated rings. The van der Waals surface area contributed by atoms with E-state index in [4.69, 9.17) is 5.73 Å². The van der Waals surface area contributed by atoms with E-state index in [1.54, 1.807) is 0 Å². The molecule has 2 aliphatic rings. The summed E-state index contributed by atoms with van der Waals surface area (Å²) in [7, 11) is 0. The number of likely N-dealkylation sites (tertiary alicyclic amines) is 1. The zero-order valence-electron chi connectivity index (χ0n) is 11.0. The lowest BCUT2D eigenvalue weighted by atomic mass is 9.92. The van der Waals surface area contributed by atoms with Gasteiger partial charge >= 0.3 is 0 Å². The molecule has 1 aliphatic heterocycles. The van der Waals surface area contributed by atoms with Crippen molar-refractivity contribution in [3.8, 4) is 0 Å². The number of nitrogens with zero attached hydrogens (tertiary/aromatic N) is 1. The summed E-state index contributed by atoms with van der Waals surface area (Å²) in [6.45, 7) is 7.38. The minimum Gasteiger partial charge on any atom is -0.355 e. The van der Waals surface area contributed by atoms with Crippen LogP contribution in [0.25, 0.3) is 0 Å². The molecule has 1 saturated carbocycles. The fraction of sp³-hybridized carbons (Fsp3) is 0.923. The smallest absolute Gasteiger partial charge is 0.226 e. The van der Waals surface area contributed by atoms with Gasteiger partial charge in [-0.15, -0.1) is 0 Å². The van der Waals surface area contributed by atoms with E-state index >= 15 is 0 Å². The SMILES string of the molecule is CC(C)(CN)C(=O)NCC1CCN(C2CC2)C1. The van der Waals surface area contributed by atoms with Gasteiger partial charge in [0.1, 0.15) is 0 Å². The number of nitrogens with two attached hydrogens (primary N) is 1. The molecule has 0 bridgehead atoms. The first-order valence-corrected chi connectivity index (χ1v) is 6.75. The van der Waals surface area contributed by atoms with Crippen LogP contribution in [0.2, 0.25) is 0 Å². The molecule has 4 nitrogen and oxygen atoms in total. The summed E-state index contributed by atoms with van der Waals surface area (Å²) in [5, 5.41) is 3.05. The minimum atomic E-state index is -0.436. The molecule has 1 unspecified atom stereocenters. The molecule has 2 rings (SSSR count). The van der Waals surface area contributed by atoms with Crippen molar-refractivity contribution in [2.45, 2.75) is 39.2 Å². The number of hydrogen-bond donors (Lipinski definition) is 2. The largest absolute Gasteiger partial charge is 0.355 e. The van der Waals surface area contributed by atoms with Gasteiger partial charge in [0.15, 0.2) is 0 Å². The molecule has 3 N–H and O–H groups in total. The third-order valence-corrected chi connectivity index (χ3v) is 4.06.